The molecule has 2 N–H and O–H groups in total. The molecule has 1 aromatic heterocycles. The third-order valence-electron chi connectivity index (χ3n) is 6.78. The van der Waals surface area contributed by atoms with Crippen LogP contribution in [0.2, 0.25) is 0 Å². The molecule has 0 radical (unpaired) electrons. The summed E-state index contributed by atoms with van der Waals surface area (Å²) < 4.78 is 6.08. The molecule has 4 heterocycles. The predicted octanol–water partition coefficient (Wildman–Crippen LogP) is 2.55. The van der Waals surface area contributed by atoms with Crippen LogP contribution in [0, 0.1) is 5.92 Å². The van der Waals surface area contributed by atoms with Crippen molar-refractivity contribution in [3.63, 3.8) is 0 Å². The molecule has 0 aliphatic carbocycles. The molecule has 7 heteroatoms. The molecule has 3 saturated heterocycles. The monoisotopic (exact) mass is 419 g/mol. The molecule has 3 fully saturated rings. The first-order valence-electron chi connectivity index (χ1n) is 11.3. The van der Waals surface area contributed by atoms with Crippen molar-refractivity contribution in [2.24, 2.45) is 10.9 Å². The lowest BCUT2D eigenvalue weighted by atomic mass is 9.97. The van der Waals surface area contributed by atoms with Crippen LogP contribution in [-0.2, 0) is 4.74 Å². The Labute approximate surface area is 179 Å². The van der Waals surface area contributed by atoms with Crippen molar-refractivity contribution in [3.8, 4) is 0 Å². The average Bonchev–Trinajstić information content (AvgIpc) is 3.43. The van der Waals surface area contributed by atoms with Gasteiger partial charge in [0, 0.05) is 37.6 Å². The Morgan fingerprint density at radius 1 is 1.28 bits per heavy atom. The summed E-state index contributed by atoms with van der Waals surface area (Å²) in [5.74, 6) is 1.73. The summed E-state index contributed by atoms with van der Waals surface area (Å²) in [5, 5.41) is 9.28. The van der Waals surface area contributed by atoms with E-state index in [1.807, 2.05) is 18.4 Å². The van der Waals surface area contributed by atoms with Crippen LogP contribution in [0.3, 0.4) is 0 Å². The number of guanidine groups is 1. The highest BCUT2D eigenvalue weighted by molar-refractivity contribution is 7.10. The van der Waals surface area contributed by atoms with Crippen molar-refractivity contribution in [2.75, 3.05) is 52.9 Å². The first-order valence-corrected chi connectivity index (χ1v) is 12.2. The van der Waals surface area contributed by atoms with E-state index in [1.165, 1.54) is 50.2 Å². The summed E-state index contributed by atoms with van der Waals surface area (Å²) in [6.45, 7) is 9.59. The number of morpholine rings is 1. The maximum absolute atomic E-state index is 6.08. The highest BCUT2D eigenvalue weighted by Gasteiger charge is 2.32. The largest absolute Gasteiger partial charge is 0.373 e. The molecule has 6 nitrogen and oxygen atoms in total. The first kappa shape index (κ1) is 21.1. The number of ether oxygens (including phenoxy) is 1. The SMILES string of the molecule is CN=C(NCC1CN2CCCC2CO1)NCC(c1cccs1)N1CCC(C)CC1. The highest BCUT2D eigenvalue weighted by atomic mass is 32.1. The fourth-order valence-corrected chi connectivity index (χ4v) is 5.73. The van der Waals surface area contributed by atoms with E-state index in [2.05, 4.69) is 49.9 Å². The van der Waals surface area contributed by atoms with E-state index in [-0.39, 0.29) is 6.10 Å². The Hall–Kier alpha value is -1.15. The molecular formula is C22H37N5OS. The van der Waals surface area contributed by atoms with Crippen LogP contribution in [0.4, 0.5) is 0 Å². The van der Waals surface area contributed by atoms with Crippen LogP contribution in [-0.4, -0.2) is 80.8 Å². The summed E-state index contributed by atoms with van der Waals surface area (Å²) in [7, 11) is 1.86. The maximum Gasteiger partial charge on any atom is 0.191 e. The van der Waals surface area contributed by atoms with Crippen LogP contribution in [0.1, 0.15) is 43.5 Å². The van der Waals surface area contributed by atoms with Gasteiger partial charge in [0.15, 0.2) is 5.96 Å². The average molecular weight is 420 g/mol. The van der Waals surface area contributed by atoms with Crippen LogP contribution >= 0.6 is 11.3 Å². The van der Waals surface area contributed by atoms with Crippen molar-refractivity contribution >= 4 is 17.3 Å². The highest BCUT2D eigenvalue weighted by Crippen LogP contribution is 2.29. The van der Waals surface area contributed by atoms with Crippen LogP contribution in [0.25, 0.3) is 0 Å². The lowest BCUT2D eigenvalue weighted by molar-refractivity contribution is -0.0453. The van der Waals surface area contributed by atoms with Gasteiger partial charge in [-0.2, -0.15) is 0 Å². The second-order valence-corrected chi connectivity index (χ2v) is 9.81. The quantitative estimate of drug-likeness (QED) is 0.548. The molecule has 0 aromatic carbocycles. The molecule has 29 heavy (non-hydrogen) atoms. The fraction of sp³-hybridized carbons (Fsp3) is 0.773. The number of nitrogens with one attached hydrogen (secondary N) is 2. The molecule has 0 bridgehead atoms. The van der Waals surface area contributed by atoms with Crippen LogP contribution < -0.4 is 10.6 Å². The number of nitrogens with zero attached hydrogens (tertiary/aromatic N) is 3. The van der Waals surface area contributed by atoms with E-state index in [9.17, 15) is 0 Å². The molecule has 3 aliphatic heterocycles. The zero-order chi connectivity index (χ0) is 20.1. The van der Waals surface area contributed by atoms with Gasteiger partial charge >= 0.3 is 0 Å². The van der Waals surface area contributed by atoms with E-state index in [1.54, 1.807) is 0 Å². The van der Waals surface area contributed by atoms with Crippen molar-refractivity contribution in [2.45, 2.75) is 50.8 Å². The fourth-order valence-electron chi connectivity index (χ4n) is 4.86. The summed E-state index contributed by atoms with van der Waals surface area (Å²) in [4.78, 5) is 11.1. The molecule has 3 aliphatic rings. The molecule has 3 unspecified atom stereocenters. The Balaban J connectivity index is 1.28. The Bertz CT molecular complexity index is 644. The number of rotatable bonds is 6. The minimum absolute atomic E-state index is 0.250. The third kappa shape index (κ3) is 5.51. The maximum atomic E-state index is 6.08. The van der Waals surface area contributed by atoms with E-state index >= 15 is 0 Å². The van der Waals surface area contributed by atoms with Gasteiger partial charge in [-0.25, -0.2) is 0 Å². The van der Waals surface area contributed by atoms with Gasteiger partial charge in [0.25, 0.3) is 0 Å². The minimum atomic E-state index is 0.250. The molecule has 0 saturated carbocycles. The van der Waals surface area contributed by atoms with Crippen molar-refractivity contribution < 1.29 is 4.74 Å². The number of likely N-dealkylation sites (tertiary alicyclic amines) is 1. The number of hydrogen-bond acceptors (Lipinski definition) is 5. The van der Waals surface area contributed by atoms with Crippen molar-refractivity contribution in [1.29, 1.82) is 0 Å². The van der Waals surface area contributed by atoms with Crippen LogP contribution in [0.15, 0.2) is 22.5 Å². The smallest absolute Gasteiger partial charge is 0.191 e. The van der Waals surface area contributed by atoms with E-state index < -0.39 is 0 Å². The Morgan fingerprint density at radius 2 is 2.14 bits per heavy atom. The first-order chi connectivity index (χ1) is 14.2. The molecule has 0 amide bonds. The summed E-state index contributed by atoms with van der Waals surface area (Å²) >= 11 is 1.86. The number of hydrogen-bond donors (Lipinski definition) is 2. The zero-order valence-electron chi connectivity index (χ0n) is 18.0. The number of fused-ring (bicyclic) bond motifs is 1. The van der Waals surface area contributed by atoms with Gasteiger partial charge in [0.1, 0.15) is 0 Å². The van der Waals surface area contributed by atoms with Gasteiger partial charge in [-0.1, -0.05) is 13.0 Å². The number of piperidine rings is 1. The normalized spacial score (nSPS) is 28.3. The van der Waals surface area contributed by atoms with Gasteiger partial charge in [-0.15, -0.1) is 11.3 Å². The lowest BCUT2D eigenvalue weighted by Gasteiger charge is -2.37. The molecule has 162 valence electrons. The molecule has 0 spiro atoms. The van der Waals surface area contributed by atoms with Gasteiger partial charge in [0.2, 0.25) is 0 Å². The van der Waals surface area contributed by atoms with Crippen molar-refractivity contribution in [3.05, 3.63) is 22.4 Å². The van der Waals surface area contributed by atoms with E-state index in [0.717, 1.165) is 38.1 Å². The van der Waals surface area contributed by atoms with Gasteiger partial charge < -0.3 is 15.4 Å². The topological polar surface area (TPSA) is 52.1 Å². The van der Waals surface area contributed by atoms with Crippen LogP contribution in [0.5, 0.6) is 0 Å². The van der Waals surface area contributed by atoms with Crippen molar-refractivity contribution in [1.82, 2.24) is 20.4 Å². The summed E-state index contributed by atoms with van der Waals surface area (Å²) in [6, 6.07) is 5.51. The molecule has 3 atom stereocenters. The van der Waals surface area contributed by atoms with E-state index in [0.29, 0.717) is 12.1 Å². The number of thiophene rings is 1. The second kappa shape index (κ2) is 10.2. The minimum Gasteiger partial charge on any atom is -0.373 e. The summed E-state index contributed by atoms with van der Waals surface area (Å²) in [6.07, 6.45) is 5.45. The van der Waals surface area contributed by atoms with Gasteiger partial charge in [0.05, 0.1) is 18.8 Å². The number of aliphatic imine (C=N–C) groups is 1. The van der Waals surface area contributed by atoms with Gasteiger partial charge in [-0.05, 0) is 62.7 Å². The second-order valence-electron chi connectivity index (χ2n) is 8.83. The molecule has 1 aromatic rings. The standard InChI is InChI=1S/C22H37N5OS/c1-17-7-10-26(11-8-17)20(21-6-4-12-29-21)14-25-22(23-2)24-13-19-15-27-9-3-5-18(27)16-28-19/h4,6,12,17-20H,3,5,7-11,13-16H2,1-2H3,(H2,23,24,25). The molecule has 4 rings (SSSR count). The van der Waals surface area contributed by atoms with E-state index in [4.69, 9.17) is 4.74 Å². The Morgan fingerprint density at radius 3 is 2.90 bits per heavy atom. The third-order valence-corrected chi connectivity index (χ3v) is 7.75. The lowest BCUT2D eigenvalue weighted by Crippen LogP contribution is -2.52. The summed E-state index contributed by atoms with van der Waals surface area (Å²) in [5.41, 5.74) is 0. The predicted molar refractivity (Wildman–Crippen MR) is 121 cm³/mol. The zero-order valence-corrected chi connectivity index (χ0v) is 18.8. The molecular weight excluding hydrogens is 382 g/mol. The Kier molecular flexibility index (Phi) is 7.45. The van der Waals surface area contributed by atoms with Gasteiger partial charge in [-0.3, -0.25) is 14.8 Å².